The lowest BCUT2D eigenvalue weighted by atomic mass is 10.1. The maximum Gasteiger partial charge on any atom is 0.221 e. The summed E-state index contributed by atoms with van der Waals surface area (Å²) < 4.78 is 0. The number of hydrogen-bond donors (Lipinski definition) is 2. The van der Waals surface area contributed by atoms with Crippen LogP contribution in [0.2, 0.25) is 0 Å². The van der Waals surface area contributed by atoms with E-state index in [9.17, 15) is 4.79 Å². The Hall–Kier alpha value is -1.14. The molecule has 3 N–H and O–H groups in total. The number of nitrogens with two attached hydrogens (primary N) is 1. The molecule has 1 saturated heterocycles. The van der Waals surface area contributed by atoms with Crippen LogP contribution in [0.4, 0.5) is 5.13 Å². The first kappa shape index (κ1) is 13.3. The van der Waals surface area contributed by atoms with Crippen LogP contribution < -0.4 is 11.1 Å². The molecule has 0 aromatic carbocycles. The molecule has 18 heavy (non-hydrogen) atoms. The van der Waals surface area contributed by atoms with Crippen molar-refractivity contribution in [1.82, 2.24) is 9.88 Å². The summed E-state index contributed by atoms with van der Waals surface area (Å²) in [4.78, 5) is 18.9. The lowest BCUT2D eigenvalue weighted by Crippen LogP contribution is -2.27. The first-order valence-electron chi connectivity index (χ1n) is 6.39. The number of carbonyl (C=O) groups excluding carboxylic acids is 1. The lowest BCUT2D eigenvalue weighted by Gasteiger charge is -2.13. The summed E-state index contributed by atoms with van der Waals surface area (Å²) in [6.45, 7) is 5.69. The van der Waals surface area contributed by atoms with Crippen molar-refractivity contribution in [3.05, 3.63) is 11.1 Å². The van der Waals surface area contributed by atoms with Crippen molar-refractivity contribution in [2.75, 3.05) is 25.0 Å². The van der Waals surface area contributed by atoms with Gasteiger partial charge in [0.15, 0.2) is 5.13 Å². The minimum atomic E-state index is -0.174. The van der Waals surface area contributed by atoms with E-state index >= 15 is 0 Å². The van der Waals surface area contributed by atoms with Crippen molar-refractivity contribution in [2.45, 2.75) is 26.3 Å². The second-order valence-electron chi connectivity index (χ2n) is 4.68. The summed E-state index contributed by atoms with van der Waals surface area (Å²) in [5.74, 6) is -0.150. The third-order valence-corrected chi connectivity index (χ3v) is 4.07. The van der Waals surface area contributed by atoms with Gasteiger partial charge in [0.25, 0.3) is 0 Å². The molecule has 1 amide bonds. The second-order valence-corrected chi connectivity index (χ2v) is 5.80. The van der Waals surface area contributed by atoms with Gasteiger partial charge >= 0.3 is 0 Å². The number of thiazole rings is 1. The minimum absolute atomic E-state index is 0.0237. The molecule has 0 saturated carbocycles. The number of likely N-dealkylation sites (tertiary alicyclic amines) is 1. The van der Waals surface area contributed by atoms with Crippen LogP contribution in [0.1, 0.15) is 24.6 Å². The summed E-state index contributed by atoms with van der Waals surface area (Å²) in [6.07, 6.45) is 3.90. The van der Waals surface area contributed by atoms with Crippen LogP contribution in [-0.4, -0.2) is 35.4 Å². The van der Waals surface area contributed by atoms with Gasteiger partial charge in [-0.1, -0.05) is 6.92 Å². The van der Waals surface area contributed by atoms with E-state index in [-0.39, 0.29) is 11.8 Å². The molecule has 0 radical (unpaired) electrons. The third kappa shape index (κ3) is 3.43. The fraction of sp³-hybridized carbons (Fsp3) is 0.667. The first-order chi connectivity index (χ1) is 8.69. The molecule has 5 nitrogen and oxygen atoms in total. The van der Waals surface area contributed by atoms with Crippen LogP contribution in [0.25, 0.3) is 0 Å². The lowest BCUT2D eigenvalue weighted by molar-refractivity contribution is -0.121. The molecule has 1 aromatic heterocycles. The standard InChI is InChI=1S/C12H20N4OS/c1-2-4-14-12-15-6-10(18-12)8-16-5-3-9(7-16)11(13)17/h6,9H,2-5,7-8H2,1H3,(H2,13,17)(H,14,15). The third-order valence-electron chi connectivity index (χ3n) is 3.13. The van der Waals surface area contributed by atoms with Gasteiger partial charge in [0, 0.05) is 30.7 Å². The van der Waals surface area contributed by atoms with Gasteiger partial charge in [0.2, 0.25) is 5.91 Å². The van der Waals surface area contributed by atoms with Crippen LogP contribution in [0.3, 0.4) is 0 Å². The Morgan fingerprint density at radius 2 is 2.56 bits per heavy atom. The molecule has 1 aliphatic rings. The van der Waals surface area contributed by atoms with Crippen LogP contribution in [-0.2, 0) is 11.3 Å². The van der Waals surface area contributed by atoms with Gasteiger partial charge in [0.05, 0.1) is 5.92 Å². The van der Waals surface area contributed by atoms with E-state index < -0.39 is 0 Å². The highest BCUT2D eigenvalue weighted by atomic mass is 32.1. The largest absolute Gasteiger partial charge is 0.369 e. The number of rotatable bonds is 6. The Kier molecular flexibility index (Phi) is 4.54. The Balaban J connectivity index is 1.83. The molecule has 0 bridgehead atoms. The summed E-state index contributed by atoms with van der Waals surface area (Å²) in [6, 6.07) is 0. The van der Waals surface area contributed by atoms with Gasteiger partial charge in [-0.2, -0.15) is 0 Å². The van der Waals surface area contributed by atoms with Gasteiger partial charge in [-0.15, -0.1) is 11.3 Å². The Morgan fingerprint density at radius 1 is 1.72 bits per heavy atom. The van der Waals surface area contributed by atoms with Crippen LogP contribution in [0.5, 0.6) is 0 Å². The molecule has 1 unspecified atom stereocenters. The van der Waals surface area contributed by atoms with Crippen molar-refractivity contribution < 1.29 is 4.79 Å². The number of nitrogens with one attached hydrogen (secondary N) is 1. The predicted octanol–water partition coefficient (Wildman–Crippen LogP) is 1.27. The van der Waals surface area contributed by atoms with Crippen LogP contribution in [0, 0.1) is 5.92 Å². The van der Waals surface area contributed by atoms with E-state index in [1.165, 1.54) is 4.88 Å². The molecule has 1 atom stereocenters. The Labute approximate surface area is 111 Å². The maximum absolute atomic E-state index is 11.1. The molecule has 1 fully saturated rings. The molecule has 100 valence electrons. The number of carbonyl (C=O) groups is 1. The first-order valence-corrected chi connectivity index (χ1v) is 7.21. The number of aromatic nitrogens is 1. The van der Waals surface area contributed by atoms with Gasteiger partial charge in [-0.05, 0) is 19.4 Å². The molecule has 0 aliphatic carbocycles. The monoisotopic (exact) mass is 268 g/mol. The van der Waals surface area contributed by atoms with E-state index in [0.717, 1.165) is 44.2 Å². The number of amides is 1. The summed E-state index contributed by atoms with van der Waals surface area (Å²) in [7, 11) is 0. The van der Waals surface area contributed by atoms with Gasteiger partial charge in [-0.25, -0.2) is 4.98 Å². The van der Waals surface area contributed by atoms with E-state index in [4.69, 9.17) is 5.73 Å². The van der Waals surface area contributed by atoms with Gasteiger partial charge in [-0.3, -0.25) is 9.69 Å². The number of primary amides is 1. The zero-order chi connectivity index (χ0) is 13.0. The smallest absolute Gasteiger partial charge is 0.221 e. The zero-order valence-corrected chi connectivity index (χ0v) is 11.5. The normalized spacial score (nSPS) is 20.2. The minimum Gasteiger partial charge on any atom is -0.369 e. The van der Waals surface area contributed by atoms with Gasteiger partial charge in [0.1, 0.15) is 0 Å². The van der Waals surface area contributed by atoms with Crippen molar-refractivity contribution in [1.29, 1.82) is 0 Å². The fourth-order valence-corrected chi connectivity index (χ4v) is 3.00. The highest BCUT2D eigenvalue weighted by molar-refractivity contribution is 7.15. The van der Waals surface area contributed by atoms with Crippen molar-refractivity contribution in [2.24, 2.45) is 11.7 Å². The summed E-state index contributed by atoms with van der Waals surface area (Å²) in [5, 5.41) is 4.27. The summed E-state index contributed by atoms with van der Waals surface area (Å²) in [5.41, 5.74) is 5.33. The number of anilines is 1. The van der Waals surface area contributed by atoms with Crippen molar-refractivity contribution >= 4 is 22.4 Å². The molecule has 6 heteroatoms. The van der Waals surface area contributed by atoms with Crippen LogP contribution >= 0.6 is 11.3 Å². The van der Waals surface area contributed by atoms with Crippen LogP contribution in [0.15, 0.2) is 6.20 Å². The summed E-state index contributed by atoms with van der Waals surface area (Å²) >= 11 is 1.69. The maximum atomic E-state index is 11.1. The van der Waals surface area contributed by atoms with E-state index in [1.54, 1.807) is 11.3 Å². The molecule has 0 spiro atoms. The quantitative estimate of drug-likeness (QED) is 0.815. The topological polar surface area (TPSA) is 71.2 Å². The Bertz CT molecular complexity index is 407. The molecule has 1 aromatic rings. The van der Waals surface area contributed by atoms with Crippen molar-refractivity contribution in [3.63, 3.8) is 0 Å². The zero-order valence-electron chi connectivity index (χ0n) is 10.7. The Morgan fingerprint density at radius 3 is 3.22 bits per heavy atom. The highest BCUT2D eigenvalue weighted by Gasteiger charge is 2.26. The van der Waals surface area contributed by atoms with Gasteiger partial charge < -0.3 is 11.1 Å². The molecule has 2 rings (SSSR count). The highest BCUT2D eigenvalue weighted by Crippen LogP contribution is 2.23. The molecule has 1 aliphatic heterocycles. The second kappa shape index (κ2) is 6.15. The SMILES string of the molecule is CCCNc1ncc(CN2CCC(C(N)=O)C2)s1. The van der Waals surface area contributed by atoms with Crippen molar-refractivity contribution in [3.8, 4) is 0 Å². The van der Waals surface area contributed by atoms with E-state index in [1.807, 2.05) is 6.20 Å². The molecule has 2 heterocycles. The van der Waals surface area contributed by atoms with E-state index in [2.05, 4.69) is 22.1 Å². The fourth-order valence-electron chi connectivity index (χ4n) is 2.12. The average molecular weight is 268 g/mol. The predicted molar refractivity (Wildman–Crippen MR) is 73.5 cm³/mol. The number of nitrogens with zero attached hydrogens (tertiary/aromatic N) is 2. The molecular formula is C12H20N4OS. The molecular weight excluding hydrogens is 248 g/mol. The van der Waals surface area contributed by atoms with E-state index in [0.29, 0.717) is 0 Å². The number of hydrogen-bond acceptors (Lipinski definition) is 5. The average Bonchev–Trinajstić information content (AvgIpc) is 2.96.